The van der Waals surface area contributed by atoms with Gasteiger partial charge in [0.1, 0.15) is 0 Å². The second kappa shape index (κ2) is 7.73. The average Bonchev–Trinajstić information content (AvgIpc) is 2.50. The van der Waals surface area contributed by atoms with Crippen molar-refractivity contribution in [3.05, 3.63) is 60.2 Å². The number of aliphatic hydroxyl groups excluding tert-OH is 1. The highest BCUT2D eigenvalue weighted by molar-refractivity contribution is 6.00. The van der Waals surface area contributed by atoms with Gasteiger partial charge in [0.05, 0.1) is 12.3 Å². The van der Waals surface area contributed by atoms with Crippen LogP contribution in [0, 0.1) is 11.8 Å². The van der Waals surface area contributed by atoms with Crippen molar-refractivity contribution >= 4 is 17.4 Å². The summed E-state index contributed by atoms with van der Waals surface area (Å²) >= 11 is 0. The van der Waals surface area contributed by atoms with Gasteiger partial charge in [-0.25, -0.2) is 4.79 Å². The molecule has 0 bridgehead atoms. The molecule has 0 spiro atoms. The zero-order chi connectivity index (χ0) is 14.9. The van der Waals surface area contributed by atoms with Crippen molar-refractivity contribution in [1.82, 2.24) is 0 Å². The van der Waals surface area contributed by atoms with Gasteiger partial charge in [0.2, 0.25) is 0 Å². The Morgan fingerprint density at radius 3 is 2.48 bits per heavy atom. The zero-order valence-electron chi connectivity index (χ0n) is 11.5. The van der Waals surface area contributed by atoms with Crippen LogP contribution in [0.1, 0.15) is 12.0 Å². The molecule has 4 heteroatoms. The van der Waals surface area contributed by atoms with Crippen molar-refractivity contribution in [2.24, 2.45) is 0 Å². The van der Waals surface area contributed by atoms with Gasteiger partial charge >= 0.3 is 6.03 Å². The quantitative estimate of drug-likeness (QED) is 0.757. The zero-order valence-corrected chi connectivity index (χ0v) is 11.5. The molecule has 0 saturated carbocycles. The maximum atomic E-state index is 12.0. The van der Waals surface area contributed by atoms with Crippen LogP contribution in [0.15, 0.2) is 54.6 Å². The topological polar surface area (TPSA) is 61.4 Å². The van der Waals surface area contributed by atoms with Crippen LogP contribution in [0.25, 0.3) is 0 Å². The van der Waals surface area contributed by atoms with Gasteiger partial charge in [-0.2, -0.15) is 0 Å². The molecule has 0 fully saturated rings. The second-order valence-electron chi connectivity index (χ2n) is 4.27. The summed E-state index contributed by atoms with van der Waals surface area (Å²) in [6.07, 6.45) is 0.407. The third-order valence-electron chi connectivity index (χ3n) is 2.67. The lowest BCUT2D eigenvalue weighted by atomic mass is 10.2. The number of anilines is 2. The fourth-order valence-electron chi connectivity index (χ4n) is 1.72. The minimum atomic E-state index is -0.322. The van der Waals surface area contributed by atoms with Crippen LogP contribution in [0.5, 0.6) is 0 Å². The molecule has 0 aliphatic carbocycles. The molecule has 21 heavy (non-hydrogen) atoms. The lowest BCUT2D eigenvalue weighted by Crippen LogP contribution is -2.19. The van der Waals surface area contributed by atoms with Gasteiger partial charge in [0.25, 0.3) is 0 Å². The van der Waals surface area contributed by atoms with Crippen molar-refractivity contribution in [2.75, 3.05) is 17.2 Å². The molecular formula is C17H16N2O2. The molecule has 3 N–H and O–H groups in total. The van der Waals surface area contributed by atoms with Crippen LogP contribution in [0.3, 0.4) is 0 Å². The van der Waals surface area contributed by atoms with E-state index in [1.54, 1.807) is 6.07 Å². The summed E-state index contributed by atoms with van der Waals surface area (Å²) in [7, 11) is 0. The first kappa shape index (κ1) is 14.6. The van der Waals surface area contributed by atoms with Crippen molar-refractivity contribution < 1.29 is 9.90 Å². The molecule has 0 heterocycles. The second-order valence-corrected chi connectivity index (χ2v) is 4.27. The Hall–Kier alpha value is -2.77. The number of urea groups is 1. The summed E-state index contributed by atoms with van der Waals surface area (Å²) in [4.78, 5) is 12.0. The molecule has 0 aliphatic rings. The summed E-state index contributed by atoms with van der Waals surface area (Å²) in [5.41, 5.74) is 2.07. The van der Waals surface area contributed by atoms with Gasteiger partial charge in [-0.1, -0.05) is 42.2 Å². The largest absolute Gasteiger partial charge is 0.395 e. The first-order valence-electron chi connectivity index (χ1n) is 6.61. The number of amides is 2. The molecule has 0 radical (unpaired) electrons. The predicted octanol–water partition coefficient (Wildman–Crippen LogP) is 3.06. The van der Waals surface area contributed by atoms with Crippen molar-refractivity contribution in [3.63, 3.8) is 0 Å². The summed E-state index contributed by atoms with van der Waals surface area (Å²) in [6, 6.07) is 16.2. The van der Waals surface area contributed by atoms with E-state index >= 15 is 0 Å². The number of rotatable bonds is 3. The van der Waals surface area contributed by atoms with E-state index in [1.165, 1.54) is 0 Å². The molecule has 106 valence electrons. The normalized spacial score (nSPS) is 9.38. The summed E-state index contributed by atoms with van der Waals surface area (Å²) in [5.74, 6) is 5.77. The van der Waals surface area contributed by atoms with E-state index in [9.17, 15) is 4.79 Å². The van der Waals surface area contributed by atoms with Gasteiger partial charge < -0.3 is 15.7 Å². The number of aliphatic hydroxyl groups is 1. The van der Waals surface area contributed by atoms with Crippen molar-refractivity contribution in [3.8, 4) is 11.8 Å². The molecule has 0 atom stereocenters. The molecule has 2 aromatic carbocycles. The Labute approximate surface area is 123 Å². The van der Waals surface area contributed by atoms with Gasteiger partial charge in [-0.3, -0.25) is 0 Å². The number of hydrogen-bond acceptors (Lipinski definition) is 2. The fraction of sp³-hybridized carbons (Fsp3) is 0.118. The van der Waals surface area contributed by atoms with Gasteiger partial charge in [0.15, 0.2) is 0 Å². The highest BCUT2D eigenvalue weighted by Crippen LogP contribution is 2.14. The monoisotopic (exact) mass is 280 g/mol. The van der Waals surface area contributed by atoms with E-state index in [0.717, 1.165) is 5.69 Å². The number of carbonyl (C=O) groups excluding carboxylic acids is 1. The lowest BCUT2D eigenvalue weighted by molar-refractivity contribution is 0.262. The summed E-state index contributed by atoms with van der Waals surface area (Å²) in [5, 5.41) is 14.3. The first-order chi connectivity index (χ1) is 10.3. The molecule has 0 unspecified atom stereocenters. The number of hydrogen-bond donors (Lipinski definition) is 3. The minimum Gasteiger partial charge on any atom is -0.395 e. The SMILES string of the molecule is O=C(Nc1ccccc1)Nc1ccccc1C#CCCO. The smallest absolute Gasteiger partial charge is 0.323 e. The first-order valence-corrected chi connectivity index (χ1v) is 6.61. The molecule has 2 amide bonds. The van der Waals surface area contributed by atoms with E-state index in [-0.39, 0.29) is 12.6 Å². The van der Waals surface area contributed by atoms with E-state index in [1.807, 2.05) is 48.5 Å². The molecule has 2 rings (SSSR count). The molecular weight excluding hydrogens is 264 g/mol. The number of carbonyl (C=O) groups is 1. The minimum absolute atomic E-state index is 0.0249. The Bertz CT molecular complexity index is 657. The van der Waals surface area contributed by atoms with Crippen molar-refractivity contribution in [2.45, 2.75) is 6.42 Å². The van der Waals surface area contributed by atoms with Crippen LogP contribution >= 0.6 is 0 Å². The number of nitrogens with one attached hydrogen (secondary N) is 2. The average molecular weight is 280 g/mol. The van der Waals surface area contributed by atoms with E-state index in [0.29, 0.717) is 17.7 Å². The highest BCUT2D eigenvalue weighted by Gasteiger charge is 2.05. The van der Waals surface area contributed by atoms with Gasteiger partial charge in [0, 0.05) is 17.7 Å². The molecule has 0 aromatic heterocycles. The molecule has 0 aliphatic heterocycles. The molecule has 4 nitrogen and oxygen atoms in total. The van der Waals surface area contributed by atoms with Crippen molar-refractivity contribution in [1.29, 1.82) is 0 Å². The highest BCUT2D eigenvalue weighted by atomic mass is 16.2. The lowest BCUT2D eigenvalue weighted by Gasteiger charge is -2.09. The van der Waals surface area contributed by atoms with Crippen LogP contribution in [-0.4, -0.2) is 17.7 Å². The maximum absolute atomic E-state index is 12.0. The van der Waals surface area contributed by atoms with E-state index in [4.69, 9.17) is 5.11 Å². The van der Waals surface area contributed by atoms with E-state index < -0.39 is 0 Å². The Balaban J connectivity index is 2.06. The summed E-state index contributed by atoms with van der Waals surface area (Å²) in [6.45, 7) is 0.0249. The number of benzene rings is 2. The Morgan fingerprint density at radius 2 is 1.71 bits per heavy atom. The fourth-order valence-corrected chi connectivity index (χ4v) is 1.72. The van der Waals surface area contributed by atoms with Crippen LogP contribution in [0.2, 0.25) is 0 Å². The molecule has 2 aromatic rings. The summed E-state index contributed by atoms with van der Waals surface area (Å²) < 4.78 is 0. The third kappa shape index (κ3) is 4.68. The van der Waals surface area contributed by atoms with Crippen LogP contribution in [-0.2, 0) is 0 Å². The van der Waals surface area contributed by atoms with Crippen LogP contribution in [0.4, 0.5) is 16.2 Å². The Morgan fingerprint density at radius 1 is 1.00 bits per heavy atom. The van der Waals surface area contributed by atoms with Gasteiger partial charge in [-0.15, -0.1) is 0 Å². The number of para-hydroxylation sites is 2. The molecule has 0 saturated heterocycles. The third-order valence-corrected chi connectivity index (χ3v) is 2.67. The standard InChI is InChI=1S/C17H16N2O2/c20-13-7-6-9-14-8-4-5-12-16(14)19-17(21)18-15-10-2-1-3-11-15/h1-5,8,10-12,20H,7,13H2,(H2,18,19,21). The Kier molecular flexibility index (Phi) is 5.39. The maximum Gasteiger partial charge on any atom is 0.323 e. The van der Waals surface area contributed by atoms with Gasteiger partial charge in [-0.05, 0) is 24.3 Å². The predicted molar refractivity (Wildman–Crippen MR) is 84.1 cm³/mol. The van der Waals surface area contributed by atoms with E-state index in [2.05, 4.69) is 22.5 Å². The van der Waals surface area contributed by atoms with Crippen LogP contribution < -0.4 is 10.6 Å².